The molecule has 0 saturated heterocycles. The van der Waals surface area contributed by atoms with Crippen LogP contribution in [0.5, 0.6) is 0 Å². The highest BCUT2D eigenvalue weighted by molar-refractivity contribution is 6.74. The van der Waals surface area contributed by atoms with E-state index < -0.39 is 50.4 Å². The lowest BCUT2D eigenvalue weighted by atomic mass is 10.2. The minimum absolute atomic E-state index is 0.101. The summed E-state index contributed by atoms with van der Waals surface area (Å²) >= 11 is 5.87. The smallest absolute Gasteiger partial charge is 0.415 e. The van der Waals surface area contributed by atoms with Crippen molar-refractivity contribution in [2.75, 3.05) is 0 Å². The van der Waals surface area contributed by atoms with Crippen molar-refractivity contribution in [2.45, 2.75) is 64.3 Å². The first-order chi connectivity index (χ1) is 14.0. The molecule has 0 fully saturated rings. The number of alkyl halides is 3. The second kappa shape index (κ2) is 8.79. The lowest BCUT2D eigenvalue weighted by molar-refractivity contribution is -0.202. The van der Waals surface area contributed by atoms with Gasteiger partial charge < -0.3 is 9.53 Å². The molecule has 1 aromatic carbocycles. The molecule has 2 rings (SSSR count). The number of hydrogen-bond acceptors (Lipinski definition) is 4. The van der Waals surface area contributed by atoms with Gasteiger partial charge in [0.15, 0.2) is 20.2 Å². The van der Waals surface area contributed by atoms with Crippen LogP contribution in [0.3, 0.4) is 0 Å². The van der Waals surface area contributed by atoms with Gasteiger partial charge in [-0.15, -0.1) is 5.10 Å². The Balaban J connectivity index is 2.57. The zero-order valence-electron chi connectivity index (χ0n) is 17.8. The Bertz CT molecular complexity index is 995. The Morgan fingerprint density at radius 2 is 1.77 bits per heavy atom. The van der Waals surface area contributed by atoms with Gasteiger partial charge in [0.2, 0.25) is 0 Å². The van der Waals surface area contributed by atoms with E-state index in [4.69, 9.17) is 21.1 Å². The molecular weight excluding hydrogens is 455 g/mol. The molecule has 1 atom stereocenters. The van der Waals surface area contributed by atoms with Crippen LogP contribution in [0.15, 0.2) is 29.1 Å². The Morgan fingerprint density at radius 1 is 1.23 bits per heavy atom. The number of benzene rings is 1. The largest absolute Gasteiger partial charge is 0.480 e. The monoisotopic (exact) mass is 479 g/mol. The maximum atomic E-state index is 13.9. The van der Waals surface area contributed by atoms with E-state index >= 15 is 0 Å². The van der Waals surface area contributed by atoms with Crippen LogP contribution in [0.2, 0.25) is 23.2 Å². The predicted molar refractivity (Wildman–Crippen MR) is 113 cm³/mol. The third kappa shape index (κ3) is 5.98. The summed E-state index contributed by atoms with van der Waals surface area (Å²) in [5.74, 6) is -1.45. The molecule has 1 aromatic heterocycles. The highest BCUT2D eigenvalue weighted by Gasteiger charge is 2.48. The van der Waals surface area contributed by atoms with Gasteiger partial charge in [0.1, 0.15) is 6.54 Å². The topological polar surface area (TPSA) is 86.3 Å². The molecule has 7 nitrogen and oxygen atoms in total. The van der Waals surface area contributed by atoms with Gasteiger partial charge >= 0.3 is 17.8 Å². The zero-order valence-corrected chi connectivity index (χ0v) is 19.6. The molecule has 0 aliphatic carbocycles. The van der Waals surface area contributed by atoms with Crippen LogP contribution in [0, 0.1) is 0 Å². The van der Waals surface area contributed by atoms with Crippen molar-refractivity contribution >= 4 is 25.9 Å². The van der Waals surface area contributed by atoms with Crippen LogP contribution in [0.1, 0.15) is 20.8 Å². The number of aromatic nitrogens is 3. The summed E-state index contributed by atoms with van der Waals surface area (Å²) in [6.45, 7) is 7.15. The Kier molecular flexibility index (Phi) is 7.13. The van der Waals surface area contributed by atoms with Crippen molar-refractivity contribution < 1.29 is 27.5 Å². The molecule has 0 spiro atoms. The maximum Gasteiger partial charge on any atom is 0.415 e. The number of carboxylic acid groups (broad SMARTS) is 1. The molecule has 12 heteroatoms. The first-order valence-electron chi connectivity index (χ1n) is 9.43. The van der Waals surface area contributed by atoms with Gasteiger partial charge in [-0.05, 0) is 42.4 Å². The second-order valence-electron chi connectivity index (χ2n) is 8.68. The summed E-state index contributed by atoms with van der Waals surface area (Å²) in [4.78, 5) is 23.8. The molecule has 0 aliphatic heterocycles. The minimum Gasteiger partial charge on any atom is -0.480 e. The summed E-state index contributed by atoms with van der Waals surface area (Å²) in [6.07, 6.45) is -7.01. The lowest BCUT2D eigenvalue weighted by Gasteiger charge is -2.39. The van der Waals surface area contributed by atoms with Crippen molar-refractivity contribution in [2.24, 2.45) is 0 Å². The Morgan fingerprint density at radius 3 is 2.23 bits per heavy atom. The van der Waals surface area contributed by atoms with Crippen molar-refractivity contribution in [1.29, 1.82) is 0 Å². The molecule has 1 N–H and O–H groups in total. The molecule has 172 valence electrons. The summed E-state index contributed by atoms with van der Waals surface area (Å²) in [7, 11) is -2.85. The number of carbonyl (C=O) groups is 1. The Labute approximate surface area is 183 Å². The van der Waals surface area contributed by atoms with Crippen LogP contribution >= 0.6 is 11.6 Å². The normalized spacial score (nSPS) is 14.0. The molecule has 1 heterocycles. The van der Waals surface area contributed by atoms with Gasteiger partial charge in [-0.2, -0.15) is 13.2 Å². The fourth-order valence-corrected chi connectivity index (χ4v) is 3.95. The van der Waals surface area contributed by atoms with Gasteiger partial charge in [-0.1, -0.05) is 32.4 Å². The highest BCUT2D eigenvalue weighted by Crippen LogP contribution is 2.40. The zero-order chi connectivity index (χ0) is 23.8. The molecular formula is C19H25ClF3N3O4Si. The summed E-state index contributed by atoms with van der Waals surface area (Å²) in [5.41, 5.74) is -0.653. The maximum absolute atomic E-state index is 13.9. The first-order valence-corrected chi connectivity index (χ1v) is 12.7. The van der Waals surface area contributed by atoms with Gasteiger partial charge in [-0.3, -0.25) is 9.36 Å². The summed E-state index contributed by atoms with van der Waals surface area (Å²) < 4.78 is 48.7. The van der Waals surface area contributed by atoms with E-state index in [0.717, 1.165) is 4.57 Å². The average Bonchev–Trinajstić information content (AvgIpc) is 2.89. The van der Waals surface area contributed by atoms with Crippen molar-refractivity contribution in [3.63, 3.8) is 0 Å². The number of halogens is 4. The highest BCUT2D eigenvalue weighted by atomic mass is 35.5. The van der Waals surface area contributed by atoms with E-state index in [0.29, 0.717) is 15.3 Å². The third-order valence-corrected chi connectivity index (χ3v) is 10.0. The molecule has 0 amide bonds. The third-order valence-electron chi connectivity index (χ3n) is 5.27. The molecule has 31 heavy (non-hydrogen) atoms. The van der Waals surface area contributed by atoms with Crippen LogP contribution in [-0.4, -0.2) is 46.0 Å². The van der Waals surface area contributed by atoms with Crippen LogP contribution < -0.4 is 5.69 Å². The van der Waals surface area contributed by atoms with Crippen LogP contribution in [0.25, 0.3) is 11.4 Å². The van der Waals surface area contributed by atoms with E-state index in [1.807, 2.05) is 20.8 Å². The molecule has 0 radical (unpaired) electrons. The van der Waals surface area contributed by atoms with Crippen molar-refractivity contribution in [1.82, 2.24) is 14.3 Å². The van der Waals surface area contributed by atoms with E-state index in [2.05, 4.69) is 5.10 Å². The molecule has 1 unspecified atom stereocenters. The van der Waals surface area contributed by atoms with Crippen molar-refractivity contribution in [3.8, 4) is 11.4 Å². The van der Waals surface area contributed by atoms with E-state index in [-0.39, 0.29) is 5.82 Å². The number of hydrogen-bond donors (Lipinski definition) is 1. The number of aliphatic carboxylic acids is 1. The van der Waals surface area contributed by atoms with E-state index in [9.17, 15) is 22.8 Å². The van der Waals surface area contributed by atoms with E-state index in [1.54, 1.807) is 13.1 Å². The predicted octanol–water partition coefficient (Wildman–Crippen LogP) is 4.40. The number of nitrogens with zero attached hydrogens (tertiary/aromatic N) is 3. The first kappa shape index (κ1) is 25.2. The van der Waals surface area contributed by atoms with Gasteiger partial charge in [0.05, 0.1) is 6.54 Å². The van der Waals surface area contributed by atoms with E-state index in [1.165, 1.54) is 24.3 Å². The summed E-state index contributed by atoms with van der Waals surface area (Å²) in [6, 6.07) is 5.97. The van der Waals surface area contributed by atoms with Crippen LogP contribution in [-0.2, 0) is 22.3 Å². The standard InChI is InChI=1S/C19H25ClF3N3O4Si/c1-18(2,3)31(4,5)30-14(19(21,22)23)10-25-16(12-6-8-13(20)9-7-12)24-26(17(25)29)11-15(27)28/h6-9,14H,10-11H2,1-5H3,(H,27,28). The molecule has 0 saturated carbocycles. The average molecular weight is 480 g/mol. The fraction of sp³-hybridized carbons (Fsp3) is 0.526. The lowest BCUT2D eigenvalue weighted by Crippen LogP contribution is -2.50. The van der Waals surface area contributed by atoms with Gasteiger partial charge in [-0.25, -0.2) is 9.48 Å². The molecule has 0 aliphatic rings. The SMILES string of the molecule is CC(C)(C)[Si](C)(C)OC(Cn1c(-c2ccc(Cl)cc2)nn(CC(=O)O)c1=O)C(F)(F)F. The molecule has 2 aromatic rings. The van der Waals surface area contributed by atoms with Crippen molar-refractivity contribution in [3.05, 3.63) is 39.8 Å². The van der Waals surface area contributed by atoms with Crippen LogP contribution in [0.4, 0.5) is 13.2 Å². The quantitative estimate of drug-likeness (QED) is 0.595. The minimum atomic E-state index is -4.75. The number of carboxylic acids is 1. The Hall–Kier alpha value is -2.11. The number of rotatable bonds is 7. The molecule has 0 bridgehead atoms. The fourth-order valence-electron chi connectivity index (χ4n) is 2.56. The van der Waals surface area contributed by atoms with Gasteiger partial charge in [0, 0.05) is 10.6 Å². The summed E-state index contributed by atoms with van der Waals surface area (Å²) in [5, 5.41) is 12.9. The van der Waals surface area contributed by atoms with Gasteiger partial charge in [0.25, 0.3) is 0 Å². The second-order valence-corrected chi connectivity index (χ2v) is 13.9.